The largest absolute Gasteiger partial charge is 0.362 e. The number of carbonyl (C=O) groups excluding carboxylic acids is 1. The Morgan fingerprint density at radius 2 is 1.86 bits per heavy atom. The van der Waals surface area contributed by atoms with E-state index in [2.05, 4.69) is 48.3 Å². The zero-order valence-electron chi connectivity index (χ0n) is 13.4. The molecule has 2 aromatic rings. The molecule has 3 heteroatoms. The second-order valence-corrected chi connectivity index (χ2v) is 5.44. The Morgan fingerprint density at radius 3 is 2.55 bits per heavy atom. The molecule has 1 N–H and O–H groups in total. The van der Waals surface area contributed by atoms with Crippen LogP contribution in [0.3, 0.4) is 0 Å². The summed E-state index contributed by atoms with van der Waals surface area (Å²) < 4.78 is 0. The van der Waals surface area contributed by atoms with Crippen LogP contribution < -0.4 is 10.2 Å². The molecule has 0 aliphatic rings. The van der Waals surface area contributed by atoms with Gasteiger partial charge in [0.05, 0.1) is 6.54 Å². The second kappa shape index (κ2) is 8.23. The summed E-state index contributed by atoms with van der Waals surface area (Å²) in [5, 5.41) is 3.00. The summed E-state index contributed by atoms with van der Waals surface area (Å²) in [7, 11) is 0. The minimum atomic E-state index is 0.0688. The number of carbonyl (C=O) groups is 1. The van der Waals surface area contributed by atoms with Crippen LogP contribution >= 0.6 is 0 Å². The Balaban J connectivity index is 1.82. The highest BCUT2D eigenvalue weighted by molar-refractivity contribution is 5.81. The van der Waals surface area contributed by atoms with Gasteiger partial charge >= 0.3 is 0 Å². The van der Waals surface area contributed by atoms with E-state index >= 15 is 0 Å². The van der Waals surface area contributed by atoms with E-state index in [1.54, 1.807) is 0 Å². The van der Waals surface area contributed by atoms with Gasteiger partial charge in [-0.1, -0.05) is 42.5 Å². The lowest BCUT2D eigenvalue weighted by Gasteiger charge is -2.22. The van der Waals surface area contributed by atoms with Crippen LogP contribution in [0.2, 0.25) is 0 Å². The fourth-order valence-electron chi connectivity index (χ4n) is 2.43. The molecule has 0 saturated carbocycles. The predicted molar refractivity (Wildman–Crippen MR) is 92.2 cm³/mol. The SMILES string of the molecule is CCN(CC(=O)NCCc1ccccc1)c1cccc(C)c1. The van der Waals surface area contributed by atoms with Crippen LogP contribution in [0.1, 0.15) is 18.1 Å². The van der Waals surface area contributed by atoms with Crippen molar-refractivity contribution < 1.29 is 4.79 Å². The third-order valence-electron chi connectivity index (χ3n) is 3.66. The molecule has 2 aromatic carbocycles. The molecule has 0 unspecified atom stereocenters. The van der Waals surface area contributed by atoms with Crippen LogP contribution in [0.4, 0.5) is 5.69 Å². The number of anilines is 1. The first kappa shape index (κ1) is 16.1. The van der Waals surface area contributed by atoms with Gasteiger partial charge in [-0.2, -0.15) is 0 Å². The summed E-state index contributed by atoms with van der Waals surface area (Å²) in [5.74, 6) is 0.0688. The van der Waals surface area contributed by atoms with Gasteiger partial charge in [0, 0.05) is 18.8 Å². The smallest absolute Gasteiger partial charge is 0.239 e. The summed E-state index contributed by atoms with van der Waals surface area (Å²) in [6.45, 7) is 6.02. The van der Waals surface area contributed by atoms with E-state index < -0.39 is 0 Å². The molecule has 22 heavy (non-hydrogen) atoms. The number of amides is 1. The molecule has 2 rings (SSSR count). The van der Waals surface area contributed by atoms with Crippen molar-refractivity contribution in [3.8, 4) is 0 Å². The molecule has 0 bridgehead atoms. The van der Waals surface area contributed by atoms with Crippen molar-refractivity contribution >= 4 is 11.6 Å². The van der Waals surface area contributed by atoms with Crippen LogP contribution in [0.5, 0.6) is 0 Å². The Bertz CT molecular complexity index is 595. The molecule has 0 aliphatic carbocycles. The first-order chi connectivity index (χ1) is 10.7. The lowest BCUT2D eigenvalue weighted by Crippen LogP contribution is -2.38. The first-order valence-electron chi connectivity index (χ1n) is 7.81. The number of nitrogens with one attached hydrogen (secondary N) is 1. The molecule has 0 saturated heterocycles. The Morgan fingerprint density at radius 1 is 1.09 bits per heavy atom. The molecule has 0 fully saturated rings. The number of hydrogen-bond donors (Lipinski definition) is 1. The van der Waals surface area contributed by atoms with Crippen molar-refractivity contribution in [3.05, 3.63) is 65.7 Å². The molecular weight excluding hydrogens is 272 g/mol. The maximum Gasteiger partial charge on any atom is 0.239 e. The number of nitrogens with zero attached hydrogens (tertiary/aromatic N) is 1. The van der Waals surface area contributed by atoms with Crippen molar-refractivity contribution in [1.82, 2.24) is 5.32 Å². The minimum absolute atomic E-state index is 0.0688. The number of hydrogen-bond acceptors (Lipinski definition) is 2. The van der Waals surface area contributed by atoms with E-state index in [4.69, 9.17) is 0 Å². The first-order valence-corrected chi connectivity index (χ1v) is 7.81. The van der Waals surface area contributed by atoms with Crippen LogP contribution in [-0.4, -0.2) is 25.5 Å². The van der Waals surface area contributed by atoms with Gasteiger partial charge in [-0.15, -0.1) is 0 Å². The van der Waals surface area contributed by atoms with E-state index in [-0.39, 0.29) is 5.91 Å². The topological polar surface area (TPSA) is 32.3 Å². The van der Waals surface area contributed by atoms with Gasteiger partial charge in [0.1, 0.15) is 0 Å². The van der Waals surface area contributed by atoms with Gasteiger partial charge in [0.15, 0.2) is 0 Å². The van der Waals surface area contributed by atoms with E-state index in [1.807, 2.05) is 30.3 Å². The van der Waals surface area contributed by atoms with E-state index in [0.29, 0.717) is 13.1 Å². The number of rotatable bonds is 7. The molecule has 0 radical (unpaired) electrons. The molecule has 0 aliphatic heterocycles. The Kier molecular flexibility index (Phi) is 6.01. The Hall–Kier alpha value is -2.29. The van der Waals surface area contributed by atoms with Crippen LogP contribution in [-0.2, 0) is 11.2 Å². The normalized spacial score (nSPS) is 10.3. The van der Waals surface area contributed by atoms with Crippen molar-refractivity contribution in [2.24, 2.45) is 0 Å². The third-order valence-corrected chi connectivity index (χ3v) is 3.66. The summed E-state index contributed by atoms with van der Waals surface area (Å²) in [6, 6.07) is 18.5. The average molecular weight is 296 g/mol. The highest BCUT2D eigenvalue weighted by Crippen LogP contribution is 2.15. The quantitative estimate of drug-likeness (QED) is 0.851. The van der Waals surface area contributed by atoms with Gasteiger partial charge in [-0.3, -0.25) is 4.79 Å². The average Bonchev–Trinajstić information content (AvgIpc) is 2.53. The second-order valence-electron chi connectivity index (χ2n) is 5.44. The molecule has 3 nitrogen and oxygen atoms in total. The van der Waals surface area contributed by atoms with Gasteiger partial charge < -0.3 is 10.2 Å². The zero-order chi connectivity index (χ0) is 15.8. The molecule has 0 heterocycles. The fraction of sp³-hybridized carbons (Fsp3) is 0.316. The molecular formula is C19H24N2O. The van der Waals surface area contributed by atoms with Gasteiger partial charge in [-0.05, 0) is 43.5 Å². The van der Waals surface area contributed by atoms with Gasteiger partial charge in [0.25, 0.3) is 0 Å². The monoisotopic (exact) mass is 296 g/mol. The highest BCUT2D eigenvalue weighted by Gasteiger charge is 2.09. The standard InChI is InChI=1S/C19H24N2O/c1-3-21(18-11-7-8-16(2)14-18)15-19(22)20-13-12-17-9-5-4-6-10-17/h4-11,14H,3,12-13,15H2,1-2H3,(H,20,22). The lowest BCUT2D eigenvalue weighted by molar-refractivity contribution is -0.119. The molecule has 0 aromatic heterocycles. The number of likely N-dealkylation sites (N-methyl/N-ethyl adjacent to an activating group) is 1. The summed E-state index contributed by atoms with van der Waals surface area (Å²) in [4.78, 5) is 14.2. The highest BCUT2D eigenvalue weighted by atomic mass is 16.2. The van der Waals surface area contributed by atoms with E-state index in [9.17, 15) is 4.79 Å². The summed E-state index contributed by atoms with van der Waals surface area (Å²) >= 11 is 0. The van der Waals surface area contributed by atoms with E-state index in [1.165, 1.54) is 11.1 Å². The number of aryl methyl sites for hydroxylation is 1. The lowest BCUT2D eigenvalue weighted by atomic mass is 10.1. The van der Waals surface area contributed by atoms with Crippen LogP contribution in [0.25, 0.3) is 0 Å². The molecule has 0 atom stereocenters. The van der Waals surface area contributed by atoms with Crippen LogP contribution in [0.15, 0.2) is 54.6 Å². The van der Waals surface area contributed by atoms with E-state index in [0.717, 1.165) is 18.7 Å². The summed E-state index contributed by atoms with van der Waals surface area (Å²) in [6.07, 6.45) is 0.864. The maximum atomic E-state index is 12.1. The van der Waals surface area contributed by atoms with Crippen molar-refractivity contribution in [1.29, 1.82) is 0 Å². The van der Waals surface area contributed by atoms with Crippen molar-refractivity contribution in [3.63, 3.8) is 0 Å². The Labute approximate surface area is 133 Å². The molecule has 0 spiro atoms. The number of benzene rings is 2. The van der Waals surface area contributed by atoms with Crippen molar-refractivity contribution in [2.45, 2.75) is 20.3 Å². The van der Waals surface area contributed by atoms with Crippen LogP contribution in [0, 0.1) is 6.92 Å². The van der Waals surface area contributed by atoms with Gasteiger partial charge in [0.2, 0.25) is 5.91 Å². The summed E-state index contributed by atoms with van der Waals surface area (Å²) in [5.41, 5.74) is 3.55. The molecule has 1 amide bonds. The van der Waals surface area contributed by atoms with Gasteiger partial charge in [-0.25, -0.2) is 0 Å². The van der Waals surface area contributed by atoms with Crippen molar-refractivity contribution in [2.75, 3.05) is 24.5 Å². The molecule has 116 valence electrons. The minimum Gasteiger partial charge on any atom is -0.362 e. The zero-order valence-corrected chi connectivity index (χ0v) is 13.4. The third kappa shape index (κ3) is 4.92. The maximum absolute atomic E-state index is 12.1. The predicted octanol–water partition coefficient (Wildman–Crippen LogP) is 3.18. The fourth-order valence-corrected chi connectivity index (χ4v) is 2.43.